The van der Waals surface area contributed by atoms with E-state index in [1.54, 1.807) is 7.05 Å². The molecular formula is C11H17N5O5. The highest BCUT2D eigenvalue weighted by molar-refractivity contribution is 5.83. The number of nitrogens with zero attached hydrogens (tertiary/aromatic N) is 3. The average Bonchev–Trinajstić information content (AvgIpc) is 2.86. The van der Waals surface area contributed by atoms with Gasteiger partial charge >= 0.3 is 18.0 Å². The molecule has 1 atom stereocenters. The van der Waals surface area contributed by atoms with Crippen molar-refractivity contribution in [2.24, 2.45) is 7.05 Å². The smallest absolute Gasteiger partial charge is 0.326 e. The van der Waals surface area contributed by atoms with Crippen LogP contribution < -0.4 is 10.6 Å². The van der Waals surface area contributed by atoms with Crippen molar-refractivity contribution in [3.63, 3.8) is 0 Å². The highest BCUT2D eigenvalue weighted by atomic mass is 16.5. The number of urea groups is 1. The second kappa shape index (κ2) is 7.82. The molecule has 116 valence electrons. The summed E-state index contributed by atoms with van der Waals surface area (Å²) in [6.45, 7) is 0.0655. The van der Waals surface area contributed by atoms with Crippen molar-refractivity contribution < 1.29 is 24.2 Å². The second-order valence-corrected chi connectivity index (χ2v) is 4.17. The maximum Gasteiger partial charge on any atom is 0.326 e. The fourth-order valence-electron chi connectivity index (χ4n) is 1.46. The fourth-order valence-corrected chi connectivity index (χ4v) is 1.46. The van der Waals surface area contributed by atoms with Crippen LogP contribution in [0, 0.1) is 0 Å². The number of carboxylic acids is 1. The Kier molecular flexibility index (Phi) is 6.11. The Morgan fingerprint density at radius 3 is 2.71 bits per heavy atom. The van der Waals surface area contributed by atoms with Gasteiger partial charge in [0.1, 0.15) is 12.4 Å². The molecule has 2 amide bonds. The van der Waals surface area contributed by atoms with E-state index in [0.717, 1.165) is 0 Å². The van der Waals surface area contributed by atoms with E-state index in [4.69, 9.17) is 5.11 Å². The summed E-state index contributed by atoms with van der Waals surface area (Å²) >= 11 is 0. The molecule has 1 heterocycles. The van der Waals surface area contributed by atoms with Crippen molar-refractivity contribution in [1.29, 1.82) is 0 Å². The van der Waals surface area contributed by atoms with Crippen molar-refractivity contribution in [2.45, 2.75) is 25.4 Å². The summed E-state index contributed by atoms with van der Waals surface area (Å²) in [6.07, 6.45) is 1.32. The molecule has 0 aromatic carbocycles. The molecule has 0 unspecified atom stereocenters. The quantitative estimate of drug-likeness (QED) is 0.550. The SMILES string of the molecule is COC(=O)CC[C@@H](NC(=O)NCc1ncn(C)n1)C(=O)O. The lowest BCUT2D eigenvalue weighted by atomic mass is 10.1. The van der Waals surface area contributed by atoms with Crippen LogP contribution in [0.4, 0.5) is 4.79 Å². The molecule has 1 aromatic heterocycles. The van der Waals surface area contributed by atoms with Gasteiger partial charge in [-0.1, -0.05) is 0 Å². The molecule has 0 fully saturated rings. The summed E-state index contributed by atoms with van der Waals surface area (Å²) in [5.74, 6) is -1.37. The molecule has 0 radical (unpaired) electrons. The van der Waals surface area contributed by atoms with E-state index in [1.165, 1.54) is 18.1 Å². The molecular weight excluding hydrogens is 282 g/mol. The summed E-state index contributed by atoms with van der Waals surface area (Å²) < 4.78 is 5.89. The Morgan fingerprint density at radius 2 is 2.19 bits per heavy atom. The summed E-state index contributed by atoms with van der Waals surface area (Å²) in [7, 11) is 2.89. The number of methoxy groups -OCH3 is 1. The van der Waals surface area contributed by atoms with Crippen LogP contribution in [0.25, 0.3) is 0 Å². The third-order valence-corrected chi connectivity index (χ3v) is 2.52. The first-order valence-electron chi connectivity index (χ1n) is 6.11. The Labute approximate surface area is 120 Å². The van der Waals surface area contributed by atoms with Crippen molar-refractivity contribution in [3.8, 4) is 0 Å². The number of aromatic nitrogens is 3. The van der Waals surface area contributed by atoms with Crippen molar-refractivity contribution >= 4 is 18.0 Å². The minimum absolute atomic E-state index is 0.0583. The monoisotopic (exact) mass is 299 g/mol. The van der Waals surface area contributed by atoms with E-state index in [0.29, 0.717) is 5.82 Å². The number of amides is 2. The molecule has 0 aliphatic rings. The lowest BCUT2D eigenvalue weighted by Gasteiger charge is -2.14. The zero-order chi connectivity index (χ0) is 15.8. The molecule has 0 spiro atoms. The van der Waals surface area contributed by atoms with Crippen LogP contribution in [-0.2, 0) is 27.9 Å². The highest BCUT2D eigenvalue weighted by Crippen LogP contribution is 1.99. The van der Waals surface area contributed by atoms with Crippen LogP contribution in [0.2, 0.25) is 0 Å². The van der Waals surface area contributed by atoms with Gasteiger partial charge in [-0.2, -0.15) is 5.10 Å². The van der Waals surface area contributed by atoms with Gasteiger partial charge in [-0.15, -0.1) is 0 Å². The van der Waals surface area contributed by atoms with Gasteiger partial charge in [0.2, 0.25) is 0 Å². The van der Waals surface area contributed by atoms with E-state index in [2.05, 4.69) is 25.5 Å². The summed E-state index contributed by atoms with van der Waals surface area (Å²) in [6, 6.07) is -1.86. The third kappa shape index (κ3) is 5.89. The molecule has 0 aliphatic carbocycles. The largest absolute Gasteiger partial charge is 0.480 e. The lowest BCUT2D eigenvalue weighted by molar-refractivity contribution is -0.142. The molecule has 0 saturated heterocycles. The number of aliphatic carboxylic acids is 1. The molecule has 10 nitrogen and oxygen atoms in total. The maximum atomic E-state index is 11.6. The van der Waals surface area contributed by atoms with Gasteiger partial charge < -0.3 is 20.5 Å². The second-order valence-electron chi connectivity index (χ2n) is 4.17. The standard InChI is InChI=1S/C11H17N5O5/c1-16-6-13-8(15-16)5-12-11(20)14-7(10(18)19)3-4-9(17)21-2/h6-7H,3-5H2,1-2H3,(H,18,19)(H2,12,14,20)/t7-/m1/s1. The van der Waals surface area contributed by atoms with Crippen LogP contribution in [0.1, 0.15) is 18.7 Å². The topological polar surface area (TPSA) is 135 Å². The molecule has 0 saturated carbocycles. The lowest BCUT2D eigenvalue weighted by Crippen LogP contribution is -2.46. The van der Waals surface area contributed by atoms with Crippen LogP contribution in [0.3, 0.4) is 0 Å². The van der Waals surface area contributed by atoms with E-state index in [-0.39, 0.29) is 19.4 Å². The minimum Gasteiger partial charge on any atom is -0.480 e. The minimum atomic E-state index is -1.23. The number of carboxylic acid groups (broad SMARTS) is 1. The van der Waals surface area contributed by atoms with Crippen molar-refractivity contribution in [3.05, 3.63) is 12.2 Å². The molecule has 0 bridgehead atoms. The zero-order valence-electron chi connectivity index (χ0n) is 11.7. The Balaban J connectivity index is 2.41. The van der Waals surface area contributed by atoms with E-state index >= 15 is 0 Å². The Morgan fingerprint density at radius 1 is 1.48 bits per heavy atom. The maximum absolute atomic E-state index is 11.6. The summed E-state index contributed by atoms with van der Waals surface area (Å²) in [4.78, 5) is 37.5. The highest BCUT2D eigenvalue weighted by Gasteiger charge is 2.21. The van der Waals surface area contributed by atoms with E-state index < -0.39 is 24.0 Å². The first-order chi connectivity index (χ1) is 9.92. The number of esters is 1. The predicted molar refractivity (Wildman–Crippen MR) is 69.0 cm³/mol. The van der Waals surface area contributed by atoms with Crippen molar-refractivity contribution in [1.82, 2.24) is 25.4 Å². The fraction of sp³-hybridized carbons (Fsp3) is 0.545. The number of hydrogen-bond acceptors (Lipinski definition) is 6. The number of rotatable bonds is 7. The summed E-state index contributed by atoms with van der Waals surface area (Å²) in [5, 5.41) is 17.6. The molecule has 3 N–H and O–H groups in total. The molecule has 21 heavy (non-hydrogen) atoms. The Bertz CT molecular complexity index is 515. The first kappa shape index (κ1) is 16.4. The number of ether oxygens (including phenoxy) is 1. The number of aryl methyl sites for hydroxylation is 1. The third-order valence-electron chi connectivity index (χ3n) is 2.52. The summed E-state index contributed by atoms with van der Waals surface area (Å²) in [5.41, 5.74) is 0. The van der Waals surface area contributed by atoms with Gasteiger partial charge in [0, 0.05) is 13.5 Å². The Hall–Kier alpha value is -2.65. The van der Waals surface area contributed by atoms with Gasteiger partial charge in [-0.25, -0.2) is 14.6 Å². The zero-order valence-corrected chi connectivity index (χ0v) is 11.7. The first-order valence-corrected chi connectivity index (χ1v) is 6.11. The van der Waals surface area contributed by atoms with Gasteiger partial charge in [-0.05, 0) is 6.42 Å². The number of nitrogens with one attached hydrogen (secondary N) is 2. The van der Waals surface area contributed by atoms with E-state index in [1.807, 2.05) is 0 Å². The van der Waals surface area contributed by atoms with Crippen LogP contribution >= 0.6 is 0 Å². The van der Waals surface area contributed by atoms with Crippen LogP contribution in [-0.4, -0.2) is 51.0 Å². The number of carbonyl (C=O) groups excluding carboxylic acids is 2. The molecule has 10 heteroatoms. The van der Waals surface area contributed by atoms with Gasteiger partial charge in [0.25, 0.3) is 0 Å². The predicted octanol–water partition coefficient (Wildman–Crippen LogP) is -0.979. The van der Waals surface area contributed by atoms with E-state index in [9.17, 15) is 14.4 Å². The molecule has 1 aromatic rings. The van der Waals surface area contributed by atoms with Crippen molar-refractivity contribution in [2.75, 3.05) is 7.11 Å². The number of carbonyl (C=O) groups is 3. The van der Waals surface area contributed by atoms with Crippen LogP contribution in [0.15, 0.2) is 6.33 Å². The molecule has 1 rings (SSSR count). The normalized spacial score (nSPS) is 11.5. The molecule has 0 aliphatic heterocycles. The van der Waals surface area contributed by atoms with Crippen LogP contribution in [0.5, 0.6) is 0 Å². The number of hydrogen-bond donors (Lipinski definition) is 3. The van der Waals surface area contributed by atoms with Gasteiger partial charge in [-0.3, -0.25) is 9.48 Å². The average molecular weight is 299 g/mol. The van der Waals surface area contributed by atoms with Gasteiger partial charge in [0.05, 0.1) is 13.7 Å². The van der Waals surface area contributed by atoms with Gasteiger partial charge in [0.15, 0.2) is 5.82 Å².